The first-order valence-electron chi connectivity index (χ1n) is 40.2. The van der Waals surface area contributed by atoms with E-state index in [2.05, 4.69) is 172 Å². The fourth-order valence-electron chi connectivity index (χ4n) is 10.9. The largest absolute Gasteiger partial charge is 0.472 e. The molecule has 0 fully saturated rings. The van der Waals surface area contributed by atoms with E-state index in [4.69, 9.17) is 18.5 Å². The van der Waals surface area contributed by atoms with Crippen molar-refractivity contribution >= 4 is 19.8 Å². The number of phosphoric acid groups is 1. The van der Waals surface area contributed by atoms with E-state index >= 15 is 0 Å². The maximum Gasteiger partial charge on any atom is 0.472 e. The smallest absolute Gasteiger partial charge is 0.462 e. The Morgan fingerprint density at radius 3 is 0.867 bits per heavy atom. The molecule has 0 aliphatic heterocycles. The first kappa shape index (κ1) is 93.6. The van der Waals surface area contributed by atoms with E-state index in [0.29, 0.717) is 17.4 Å². The third-order valence-corrected chi connectivity index (χ3v) is 18.0. The number of rotatable bonds is 73. The predicted octanol–water partition coefficient (Wildman–Crippen LogP) is 27.1. The number of quaternary nitrogens is 1. The molecule has 0 spiro atoms. The van der Waals surface area contributed by atoms with Gasteiger partial charge in [-0.3, -0.25) is 18.6 Å². The summed E-state index contributed by atoms with van der Waals surface area (Å²) in [6, 6.07) is 0. The van der Waals surface area contributed by atoms with Gasteiger partial charge in [0.15, 0.2) is 6.10 Å². The summed E-state index contributed by atoms with van der Waals surface area (Å²) < 4.78 is 34.8. The molecule has 0 radical (unpaired) electrons. The van der Waals surface area contributed by atoms with Gasteiger partial charge in [0.25, 0.3) is 0 Å². The molecule has 0 amide bonds. The van der Waals surface area contributed by atoms with Crippen LogP contribution >= 0.6 is 7.82 Å². The Hall–Kier alpha value is -4.37. The molecule has 0 aliphatic rings. The number of ether oxygens (including phenoxy) is 2. The molecule has 2 unspecified atom stereocenters. The maximum atomic E-state index is 12.9. The lowest BCUT2D eigenvalue weighted by Crippen LogP contribution is -2.37. The summed E-state index contributed by atoms with van der Waals surface area (Å²) in [5.41, 5.74) is 0. The number of likely N-dealkylation sites (N-methyl/N-ethyl adjacent to an activating group) is 1. The fraction of sp³-hybridized carbons (Fsp3) is 0.682. The van der Waals surface area contributed by atoms with Gasteiger partial charge in [-0.2, -0.15) is 0 Å². The molecule has 0 aromatic heterocycles. The zero-order valence-corrected chi connectivity index (χ0v) is 64.9. The Balaban J connectivity index is 4.06. The molecular weight excluding hydrogens is 1230 g/mol. The number of allylic oxidation sites excluding steroid dienone is 26. The van der Waals surface area contributed by atoms with E-state index in [0.717, 1.165) is 122 Å². The van der Waals surface area contributed by atoms with Crippen LogP contribution in [0.2, 0.25) is 0 Å². The molecule has 9 nitrogen and oxygen atoms in total. The second-order valence-electron chi connectivity index (χ2n) is 27.7. The van der Waals surface area contributed by atoms with Crippen molar-refractivity contribution in [1.29, 1.82) is 0 Å². The lowest BCUT2D eigenvalue weighted by Gasteiger charge is -2.24. The molecule has 0 saturated heterocycles. The zero-order valence-electron chi connectivity index (χ0n) is 64.0. The highest BCUT2D eigenvalue weighted by Crippen LogP contribution is 2.43. The van der Waals surface area contributed by atoms with Crippen LogP contribution in [0.15, 0.2) is 158 Å². The van der Waals surface area contributed by atoms with Gasteiger partial charge in [0.05, 0.1) is 27.7 Å². The Bertz CT molecular complexity index is 2220. The fourth-order valence-corrected chi connectivity index (χ4v) is 11.7. The highest BCUT2D eigenvalue weighted by Gasteiger charge is 2.27. The number of carbonyl (C=O) groups excluding carboxylic acids is 2. The number of phosphoric ester groups is 1. The summed E-state index contributed by atoms with van der Waals surface area (Å²) in [4.78, 5) is 36.0. The van der Waals surface area contributed by atoms with Crippen LogP contribution in [-0.4, -0.2) is 74.9 Å². The van der Waals surface area contributed by atoms with Gasteiger partial charge in [-0.25, -0.2) is 4.57 Å². The van der Waals surface area contributed by atoms with Gasteiger partial charge in [-0.05, 0) is 128 Å². The molecule has 0 heterocycles. The van der Waals surface area contributed by atoms with Crippen molar-refractivity contribution < 1.29 is 42.1 Å². The Morgan fingerprint density at radius 2 is 0.582 bits per heavy atom. The Kier molecular flexibility index (Phi) is 73.4. The molecule has 0 aromatic carbocycles. The minimum Gasteiger partial charge on any atom is -0.462 e. The number of esters is 2. The predicted molar refractivity (Wildman–Crippen MR) is 426 cm³/mol. The minimum absolute atomic E-state index is 0.0234. The summed E-state index contributed by atoms with van der Waals surface area (Å²) in [7, 11) is 1.46. The second-order valence-corrected chi connectivity index (χ2v) is 29.2. The van der Waals surface area contributed by atoms with E-state index < -0.39 is 26.5 Å². The van der Waals surface area contributed by atoms with E-state index in [1.165, 1.54) is 180 Å². The van der Waals surface area contributed by atoms with E-state index in [1.54, 1.807) is 0 Å². The van der Waals surface area contributed by atoms with Crippen molar-refractivity contribution in [2.45, 2.75) is 341 Å². The van der Waals surface area contributed by atoms with Crippen LogP contribution in [0.5, 0.6) is 0 Å². The number of hydrogen-bond donors (Lipinski definition) is 1. The van der Waals surface area contributed by atoms with Crippen LogP contribution in [0.3, 0.4) is 0 Å². The molecule has 0 bridgehead atoms. The quantitative estimate of drug-likeness (QED) is 0.0211. The zero-order chi connectivity index (χ0) is 71.1. The van der Waals surface area contributed by atoms with Crippen molar-refractivity contribution in [3.63, 3.8) is 0 Å². The molecular formula is C88H151NO8P+. The second kappa shape index (κ2) is 76.8. The monoisotopic (exact) mass is 1380 g/mol. The van der Waals surface area contributed by atoms with E-state index in [9.17, 15) is 19.0 Å². The van der Waals surface area contributed by atoms with Crippen LogP contribution in [0.4, 0.5) is 0 Å². The third kappa shape index (κ3) is 80.6. The van der Waals surface area contributed by atoms with Gasteiger partial charge in [0.2, 0.25) is 0 Å². The molecule has 2 atom stereocenters. The molecule has 0 aliphatic carbocycles. The third-order valence-electron chi connectivity index (χ3n) is 17.0. The number of hydrogen-bond acceptors (Lipinski definition) is 7. The lowest BCUT2D eigenvalue weighted by molar-refractivity contribution is -0.870. The van der Waals surface area contributed by atoms with Crippen molar-refractivity contribution in [3.05, 3.63) is 158 Å². The van der Waals surface area contributed by atoms with Crippen molar-refractivity contribution in [1.82, 2.24) is 0 Å². The average molecular weight is 1380 g/mol. The van der Waals surface area contributed by atoms with Crippen LogP contribution in [0, 0.1) is 0 Å². The topological polar surface area (TPSA) is 108 Å². The van der Waals surface area contributed by atoms with E-state index in [-0.39, 0.29) is 32.0 Å². The van der Waals surface area contributed by atoms with Gasteiger partial charge in [-0.15, -0.1) is 0 Å². The number of unbranched alkanes of at least 4 members (excludes halogenated alkanes) is 33. The highest BCUT2D eigenvalue weighted by atomic mass is 31.2. The molecule has 0 saturated carbocycles. The van der Waals surface area contributed by atoms with Crippen LogP contribution in [0.25, 0.3) is 0 Å². The Labute approximate surface area is 605 Å². The number of carbonyl (C=O) groups is 2. The van der Waals surface area contributed by atoms with Crippen LogP contribution in [0.1, 0.15) is 335 Å². The first-order chi connectivity index (χ1) is 48.0. The summed E-state index contributed by atoms with van der Waals surface area (Å²) in [5, 5.41) is 0. The van der Waals surface area contributed by atoms with E-state index in [1.807, 2.05) is 21.1 Å². The normalized spacial score (nSPS) is 13.9. The summed E-state index contributed by atoms with van der Waals surface area (Å²) in [6.45, 7) is 4.32. The summed E-state index contributed by atoms with van der Waals surface area (Å²) >= 11 is 0. The summed E-state index contributed by atoms with van der Waals surface area (Å²) in [6.07, 6.45) is 115. The van der Waals surface area contributed by atoms with Gasteiger partial charge in [-0.1, -0.05) is 352 Å². The molecule has 1 N–H and O–H groups in total. The molecule has 560 valence electrons. The maximum absolute atomic E-state index is 12.9. The van der Waals surface area contributed by atoms with Crippen molar-refractivity contribution in [3.8, 4) is 0 Å². The van der Waals surface area contributed by atoms with Crippen molar-refractivity contribution in [2.24, 2.45) is 0 Å². The van der Waals surface area contributed by atoms with Crippen LogP contribution < -0.4 is 0 Å². The van der Waals surface area contributed by atoms with Gasteiger partial charge in [0, 0.05) is 12.8 Å². The number of nitrogens with zero attached hydrogens (tertiary/aromatic N) is 1. The van der Waals surface area contributed by atoms with Gasteiger partial charge >= 0.3 is 19.8 Å². The van der Waals surface area contributed by atoms with Gasteiger partial charge in [0.1, 0.15) is 19.8 Å². The Morgan fingerprint density at radius 1 is 0.327 bits per heavy atom. The molecule has 0 rings (SSSR count). The van der Waals surface area contributed by atoms with Crippen molar-refractivity contribution in [2.75, 3.05) is 47.5 Å². The first-order valence-corrected chi connectivity index (χ1v) is 41.7. The highest BCUT2D eigenvalue weighted by molar-refractivity contribution is 7.47. The van der Waals surface area contributed by atoms with Crippen LogP contribution in [-0.2, 0) is 32.7 Å². The molecule has 10 heteroatoms. The lowest BCUT2D eigenvalue weighted by atomic mass is 10.0. The van der Waals surface area contributed by atoms with Gasteiger partial charge < -0.3 is 18.9 Å². The standard InChI is InChI=1S/C88H150NO8P/c1-6-8-10-12-14-16-18-20-22-24-26-28-30-32-34-36-38-40-41-42-43-44-45-46-47-49-51-53-55-57-59-61-63-65-67-69-71-73-75-77-79-81-88(91)97-86(85-96-98(92,93)95-83-82-89(3,4)5)84-94-87(90)80-78-76-74-72-70-68-66-64-62-60-58-56-54-52-50-48-39-37-35-33-31-29-27-25-23-21-19-17-15-13-11-9-7-2/h8,10,14,16,19-22,25-28,32,34,38,40,42-43,45-46,49,51,55,57,61,63,86H,6-7,9,11-13,15,17-18,23-24,29-31,33,35-37,39,41,44,47-48,50,52-54,56,58-60,62,64-85H2,1-5H3/p+1/b10-8-,16-14-,21-19-,22-20-,27-25-,28-26-,34-32-,40-38-,43-42-,46-45-,51-49-,57-55-,63-61-. The average Bonchev–Trinajstić information content (AvgIpc) is 1.08. The molecule has 98 heavy (non-hydrogen) atoms. The molecule has 0 aromatic rings. The SMILES string of the molecule is CC/C=C\C/C=C\C/C=C\C/C=C\C/C=C\C/C=C\C/C=C\C/C=C\C/C=C\C/C=C\C/C=C\CCCCCCCCCC(=O)OC(COC(=O)CCCCCCCCCCCCCCCCCCCCCCC/C=C\C/C=C\CCCCCCC)COP(=O)(O)OCC[N+](C)(C)C. The summed E-state index contributed by atoms with van der Waals surface area (Å²) in [5.74, 6) is -0.807. The minimum atomic E-state index is -4.41.